The van der Waals surface area contributed by atoms with Crippen LogP contribution in [0.15, 0.2) is 42.5 Å². The lowest BCUT2D eigenvalue weighted by atomic mass is 9.94. The fourth-order valence-corrected chi connectivity index (χ4v) is 2.08. The van der Waals surface area contributed by atoms with Gasteiger partial charge in [-0.25, -0.2) is 8.78 Å². The number of carboxylic acid groups (broad SMARTS) is 1. The molecular formula is C16H14F2O2. The van der Waals surface area contributed by atoms with Crippen LogP contribution in [0.25, 0.3) is 11.1 Å². The van der Waals surface area contributed by atoms with Crippen LogP contribution in [0.4, 0.5) is 8.78 Å². The highest BCUT2D eigenvalue weighted by atomic mass is 19.2. The molecule has 1 N–H and O–H groups in total. The third-order valence-electron chi connectivity index (χ3n) is 3.19. The predicted molar refractivity (Wildman–Crippen MR) is 72.5 cm³/mol. The van der Waals surface area contributed by atoms with Gasteiger partial charge in [-0.2, -0.15) is 0 Å². The smallest absolute Gasteiger partial charge is 0.303 e. The maximum Gasteiger partial charge on any atom is 0.303 e. The van der Waals surface area contributed by atoms with Gasteiger partial charge in [0.05, 0.1) is 6.42 Å². The summed E-state index contributed by atoms with van der Waals surface area (Å²) in [5.41, 5.74) is 2.15. The third-order valence-corrected chi connectivity index (χ3v) is 3.19. The number of hydrogen-bond acceptors (Lipinski definition) is 1. The van der Waals surface area contributed by atoms with E-state index < -0.39 is 17.6 Å². The Bertz CT molecular complexity index is 638. The molecule has 2 aromatic rings. The second-order valence-corrected chi connectivity index (χ2v) is 4.75. The lowest BCUT2D eigenvalue weighted by Crippen LogP contribution is -2.02. The molecule has 2 rings (SSSR count). The largest absolute Gasteiger partial charge is 0.481 e. The summed E-state index contributed by atoms with van der Waals surface area (Å²) in [7, 11) is 0. The molecule has 0 aromatic heterocycles. The number of hydrogen-bond donors (Lipinski definition) is 1. The molecule has 1 unspecified atom stereocenters. The number of carboxylic acids is 1. The van der Waals surface area contributed by atoms with Crippen molar-refractivity contribution in [3.8, 4) is 11.1 Å². The van der Waals surface area contributed by atoms with Gasteiger partial charge >= 0.3 is 5.97 Å². The Balaban J connectivity index is 2.33. The Morgan fingerprint density at radius 1 is 1.10 bits per heavy atom. The van der Waals surface area contributed by atoms with Gasteiger partial charge in [0, 0.05) is 0 Å². The minimum Gasteiger partial charge on any atom is -0.481 e. The first-order valence-electron chi connectivity index (χ1n) is 6.24. The van der Waals surface area contributed by atoms with Crippen LogP contribution >= 0.6 is 0 Å². The van der Waals surface area contributed by atoms with Crippen LogP contribution in [0.2, 0.25) is 0 Å². The minimum atomic E-state index is -0.897. The molecule has 0 bridgehead atoms. The quantitative estimate of drug-likeness (QED) is 0.908. The first-order valence-corrected chi connectivity index (χ1v) is 6.24. The summed E-state index contributed by atoms with van der Waals surface area (Å²) in [6.07, 6.45) is 0.0290. The van der Waals surface area contributed by atoms with Crippen LogP contribution < -0.4 is 0 Å². The Morgan fingerprint density at radius 2 is 1.80 bits per heavy atom. The van der Waals surface area contributed by atoms with Crippen LogP contribution in [-0.4, -0.2) is 11.1 Å². The molecule has 0 heterocycles. The average Bonchev–Trinajstić information content (AvgIpc) is 2.41. The van der Waals surface area contributed by atoms with E-state index in [4.69, 9.17) is 5.11 Å². The number of rotatable bonds is 4. The third kappa shape index (κ3) is 3.20. The van der Waals surface area contributed by atoms with Crippen LogP contribution in [0.3, 0.4) is 0 Å². The van der Waals surface area contributed by atoms with Gasteiger partial charge in [-0.3, -0.25) is 4.79 Å². The monoisotopic (exact) mass is 276 g/mol. The van der Waals surface area contributed by atoms with Crippen molar-refractivity contribution >= 4 is 5.97 Å². The first kappa shape index (κ1) is 14.2. The van der Waals surface area contributed by atoms with Gasteiger partial charge < -0.3 is 5.11 Å². The van der Waals surface area contributed by atoms with E-state index in [2.05, 4.69) is 0 Å². The van der Waals surface area contributed by atoms with E-state index in [-0.39, 0.29) is 12.3 Å². The van der Waals surface area contributed by atoms with Gasteiger partial charge in [-0.1, -0.05) is 37.3 Å². The van der Waals surface area contributed by atoms with E-state index in [1.54, 1.807) is 18.2 Å². The average molecular weight is 276 g/mol. The van der Waals surface area contributed by atoms with Gasteiger partial charge in [-0.05, 0) is 34.7 Å². The second kappa shape index (κ2) is 5.82. The summed E-state index contributed by atoms with van der Waals surface area (Å²) < 4.78 is 26.2. The molecule has 104 valence electrons. The van der Waals surface area contributed by atoms with Gasteiger partial charge in [0.15, 0.2) is 11.6 Å². The highest BCUT2D eigenvalue weighted by Gasteiger charge is 2.11. The van der Waals surface area contributed by atoms with Crippen LogP contribution in [0.5, 0.6) is 0 Å². The minimum absolute atomic E-state index is 0.0290. The maximum absolute atomic E-state index is 13.2. The number of benzene rings is 2. The molecule has 2 aromatic carbocycles. The molecule has 0 aliphatic carbocycles. The van der Waals surface area contributed by atoms with Crippen LogP contribution in [-0.2, 0) is 4.79 Å². The van der Waals surface area contributed by atoms with E-state index in [0.29, 0.717) is 5.56 Å². The van der Waals surface area contributed by atoms with Crippen molar-refractivity contribution in [2.75, 3.05) is 0 Å². The van der Waals surface area contributed by atoms with E-state index in [0.717, 1.165) is 23.3 Å². The topological polar surface area (TPSA) is 37.3 Å². The van der Waals surface area contributed by atoms with Gasteiger partial charge in [0.2, 0.25) is 0 Å². The van der Waals surface area contributed by atoms with Crippen LogP contribution in [0, 0.1) is 11.6 Å². The molecular weight excluding hydrogens is 262 g/mol. The van der Waals surface area contributed by atoms with Crippen molar-refractivity contribution in [3.63, 3.8) is 0 Å². The molecule has 0 radical (unpaired) electrons. The predicted octanol–water partition coefficient (Wildman–Crippen LogP) is 4.21. The van der Waals surface area contributed by atoms with Crippen LogP contribution in [0.1, 0.15) is 24.8 Å². The van der Waals surface area contributed by atoms with E-state index >= 15 is 0 Å². The van der Waals surface area contributed by atoms with Crippen molar-refractivity contribution in [1.29, 1.82) is 0 Å². The molecule has 20 heavy (non-hydrogen) atoms. The molecule has 0 spiro atoms. The molecule has 0 amide bonds. The number of halogens is 2. The van der Waals surface area contributed by atoms with Crippen molar-refractivity contribution in [3.05, 3.63) is 59.7 Å². The molecule has 0 fully saturated rings. The normalized spacial score (nSPS) is 12.2. The van der Waals surface area contributed by atoms with Crippen molar-refractivity contribution < 1.29 is 18.7 Å². The van der Waals surface area contributed by atoms with E-state index in [9.17, 15) is 13.6 Å². The second-order valence-electron chi connectivity index (χ2n) is 4.75. The maximum atomic E-state index is 13.2. The van der Waals surface area contributed by atoms with E-state index in [1.165, 1.54) is 6.07 Å². The number of aliphatic carboxylic acids is 1. The van der Waals surface area contributed by atoms with Crippen molar-refractivity contribution in [2.45, 2.75) is 19.3 Å². The summed E-state index contributed by atoms with van der Waals surface area (Å²) in [6, 6.07) is 10.9. The summed E-state index contributed by atoms with van der Waals surface area (Å²) >= 11 is 0. The molecule has 4 heteroatoms. The Hall–Kier alpha value is -2.23. The van der Waals surface area contributed by atoms with Crippen molar-refractivity contribution in [2.24, 2.45) is 0 Å². The zero-order valence-electron chi connectivity index (χ0n) is 10.9. The highest BCUT2D eigenvalue weighted by molar-refractivity contribution is 5.69. The molecule has 0 aliphatic heterocycles. The van der Waals surface area contributed by atoms with E-state index in [1.807, 2.05) is 13.0 Å². The Morgan fingerprint density at radius 3 is 2.45 bits per heavy atom. The molecule has 0 aliphatic rings. The van der Waals surface area contributed by atoms with Gasteiger partial charge in [-0.15, -0.1) is 0 Å². The SMILES string of the molecule is CC(CC(=O)O)c1cccc(-c2ccc(F)c(F)c2)c1. The zero-order valence-corrected chi connectivity index (χ0v) is 10.9. The zero-order chi connectivity index (χ0) is 14.7. The fraction of sp³-hybridized carbons (Fsp3) is 0.188. The standard InChI is InChI=1S/C16H14F2O2/c1-10(7-16(19)20)11-3-2-4-12(8-11)13-5-6-14(17)15(18)9-13/h2-6,8-10H,7H2,1H3,(H,19,20). The lowest BCUT2D eigenvalue weighted by molar-refractivity contribution is -0.137. The molecule has 0 saturated heterocycles. The number of carbonyl (C=O) groups is 1. The first-order chi connectivity index (χ1) is 9.47. The Kier molecular flexibility index (Phi) is 4.13. The summed E-state index contributed by atoms with van der Waals surface area (Å²) in [6.45, 7) is 1.82. The fourth-order valence-electron chi connectivity index (χ4n) is 2.08. The summed E-state index contributed by atoms with van der Waals surface area (Å²) in [5, 5.41) is 8.81. The molecule has 1 atom stereocenters. The highest BCUT2D eigenvalue weighted by Crippen LogP contribution is 2.26. The summed E-state index contributed by atoms with van der Waals surface area (Å²) in [4.78, 5) is 10.7. The molecule has 0 saturated carbocycles. The van der Waals surface area contributed by atoms with Gasteiger partial charge in [0.25, 0.3) is 0 Å². The Labute approximate surface area is 115 Å². The van der Waals surface area contributed by atoms with Gasteiger partial charge in [0.1, 0.15) is 0 Å². The lowest BCUT2D eigenvalue weighted by Gasteiger charge is -2.11. The summed E-state index contributed by atoms with van der Waals surface area (Å²) in [5.74, 6) is -2.79. The van der Waals surface area contributed by atoms with Crippen molar-refractivity contribution in [1.82, 2.24) is 0 Å². The molecule has 2 nitrogen and oxygen atoms in total.